The number of rotatable bonds is 6. The second-order valence-electron chi connectivity index (χ2n) is 4.16. The molecule has 0 fully saturated rings. The Morgan fingerprint density at radius 1 is 1.29 bits per heavy atom. The van der Waals surface area contributed by atoms with Crippen LogP contribution in [-0.4, -0.2) is 14.2 Å². The van der Waals surface area contributed by atoms with E-state index < -0.39 is 9.84 Å². The van der Waals surface area contributed by atoms with Crippen molar-refractivity contribution in [1.82, 2.24) is 0 Å². The molecule has 0 unspecified atom stereocenters. The van der Waals surface area contributed by atoms with E-state index in [0.29, 0.717) is 16.3 Å². The number of halogens is 1. The van der Waals surface area contributed by atoms with Crippen LogP contribution < -0.4 is 5.73 Å². The molecule has 3 nitrogen and oxygen atoms in total. The van der Waals surface area contributed by atoms with Gasteiger partial charge in [-0.1, -0.05) is 37.4 Å². The lowest BCUT2D eigenvalue weighted by Gasteiger charge is -2.06. The zero-order valence-electron chi connectivity index (χ0n) is 9.95. The minimum atomic E-state index is -3.04. The average Bonchev–Trinajstić information content (AvgIpc) is 2.23. The van der Waals surface area contributed by atoms with Crippen molar-refractivity contribution in [2.24, 2.45) is 0 Å². The van der Waals surface area contributed by atoms with Crippen LogP contribution in [0, 0.1) is 0 Å². The second kappa shape index (κ2) is 6.26. The van der Waals surface area contributed by atoms with Crippen molar-refractivity contribution in [3.8, 4) is 0 Å². The number of anilines is 1. The Morgan fingerprint density at radius 3 is 2.59 bits per heavy atom. The SMILES string of the molecule is CCCCCS(=O)(=O)Cc1ccc(Cl)c(N)c1. The van der Waals surface area contributed by atoms with E-state index in [2.05, 4.69) is 0 Å². The van der Waals surface area contributed by atoms with Gasteiger partial charge in [0.1, 0.15) is 0 Å². The average molecular weight is 276 g/mol. The van der Waals surface area contributed by atoms with Crippen LogP contribution in [0.3, 0.4) is 0 Å². The van der Waals surface area contributed by atoms with Gasteiger partial charge in [-0.05, 0) is 24.1 Å². The fraction of sp³-hybridized carbons (Fsp3) is 0.500. The van der Waals surface area contributed by atoms with Gasteiger partial charge in [0.05, 0.1) is 22.2 Å². The van der Waals surface area contributed by atoms with Crippen LogP contribution in [0.2, 0.25) is 5.02 Å². The highest BCUT2D eigenvalue weighted by Gasteiger charge is 2.12. The molecule has 0 aliphatic rings. The van der Waals surface area contributed by atoms with E-state index in [1.165, 1.54) is 0 Å². The summed E-state index contributed by atoms with van der Waals surface area (Å²) in [6.07, 6.45) is 2.69. The summed E-state index contributed by atoms with van der Waals surface area (Å²) in [4.78, 5) is 0. The molecule has 0 saturated carbocycles. The Labute approximate surface area is 108 Å². The maximum atomic E-state index is 11.8. The molecule has 0 aliphatic heterocycles. The third-order valence-corrected chi connectivity index (χ3v) is 4.53. The van der Waals surface area contributed by atoms with Gasteiger partial charge in [0.15, 0.2) is 9.84 Å². The first-order valence-corrected chi connectivity index (χ1v) is 7.89. The minimum Gasteiger partial charge on any atom is -0.398 e. The number of nitrogens with two attached hydrogens (primary N) is 1. The highest BCUT2D eigenvalue weighted by atomic mass is 35.5. The van der Waals surface area contributed by atoms with Gasteiger partial charge in [-0.15, -0.1) is 0 Å². The lowest BCUT2D eigenvalue weighted by Crippen LogP contribution is -2.09. The van der Waals surface area contributed by atoms with E-state index in [1.54, 1.807) is 18.2 Å². The fourth-order valence-corrected chi connectivity index (χ4v) is 3.17. The van der Waals surface area contributed by atoms with Crippen molar-refractivity contribution in [2.45, 2.75) is 31.9 Å². The van der Waals surface area contributed by atoms with Crippen LogP contribution in [0.4, 0.5) is 5.69 Å². The van der Waals surface area contributed by atoms with Crippen LogP contribution in [0.5, 0.6) is 0 Å². The van der Waals surface area contributed by atoms with E-state index in [9.17, 15) is 8.42 Å². The molecule has 1 rings (SSSR count). The molecule has 17 heavy (non-hydrogen) atoms. The summed E-state index contributed by atoms with van der Waals surface area (Å²) < 4.78 is 23.6. The van der Waals surface area contributed by atoms with Gasteiger partial charge in [0.2, 0.25) is 0 Å². The molecular formula is C12H18ClNO2S. The first kappa shape index (κ1) is 14.3. The summed E-state index contributed by atoms with van der Waals surface area (Å²) in [5.74, 6) is 0.279. The molecule has 5 heteroatoms. The molecule has 0 atom stereocenters. The summed E-state index contributed by atoms with van der Waals surface area (Å²) in [5, 5.41) is 0.456. The highest BCUT2D eigenvalue weighted by molar-refractivity contribution is 7.90. The number of nitrogen functional groups attached to an aromatic ring is 1. The van der Waals surface area contributed by atoms with Gasteiger partial charge in [0, 0.05) is 0 Å². The standard InChI is InChI=1S/C12H18ClNO2S/c1-2-3-4-7-17(15,16)9-10-5-6-11(13)12(14)8-10/h5-6,8H,2-4,7,9,14H2,1H3. The summed E-state index contributed by atoms with van der Waals surface area (Å²) in [5.41, 5.74) is 6.76. The summed E-state index contributed by atoms with van der Waals surface area (Å²) in [6.45, 7) is 2.05. The van der Waals surface area contributed by atoms with Gasteiger partial charge in [-0.3, -0.25) is 0 Å². The molecule has 0 radical (unpaired) electrons. The first-order valence-electron chi connectivity index (χ1n) is 5.69. The molecular weight excluding hydrogens is 258 g/mol. The number of hydrogen-bond donors (Lipinski definition) is 1. The molecule has 0 amide bonds. The van der Waals surface area contributed by atoms with Crippen molar-refractivity contribution in [2.75, 3.05) is 11.5 Å². The van der Waals surface area contributed by atoms with E-state index in [-0.39, 0.29) is 11.5 Å². The van der Waals surface area contributed by atoms with Gasteiger partial charge < -0.3 is 5.73 Å². The molecule has 0 heterocycles. The maximum Gasteiger partial charge on any atom is 0.154 e. The molecule has 0 saturated heterocycles. The molecule has 2 N–H and O–H groups in total. The van der Waals surface area contributed by atoms with Crippen molar-refractivity contribution in [1.29, 1.82) is 0 Å². The lowest BCUT2D eigenvalue weighted by molar-refractivity contribution is 0.590. The molecule has 96 valence electrons. The Morgan fingerprint density at radius 2 is 2.00 bits per heavy atom. The smallest absolute Gasteiger partial charge is 0.154 e. The lowest BCUT2D eigenvalue weighted by atomic mass is 10.2. The van der Waals surface area contributed by atoms with Crippen molar-refractivity contribution in [3.63, 3.8) is 0 Å². The van der Waals surface area contributed by atoms with Crippen LogP contribution >= 0.6 is 11.6 Å². The predicted molar refractivity (Wildman–Crippen MR) is 72.9 cm³/mol. The minimum absolute atomic E-state index is 0.0398. The third kappa shape index (κ3) is 4.96. The monoisotopic (exact) mass is 275 g/mol. The van der Waals surface area contributed by atoms with E-state index in [0.717, 1.165) is 19.3 Å². The topological polar surface area (TPSA) is 60.2 Å². The third-order valence-electron chi connectivity index (χ3n) is 2.51. The predicted octanol–water partition coefficient (Wildman–Crippen LogP) is 3.03. The van der Waals surface area contributed by atoms with Crippen LogP contribution in [0.1, 0.15) is 31.7 Å². The van der Waals surface area contributed by atoms with Crippen LogP contribution in [0.25, 0.3) is 0 Å². The van der Waals surface area contributed by atoms with E-state index in [1.807, 2.05) is 6.92 Å². The molecule has 0 spiro atoms. The van der Waals surface area contributed by atoms with Crippen molar-refractivity contribution >= 4 is 27.1 Å². The van der Waals surface area contributed by atoms with Crippen LogP contribution in [-0.2, 0) is 15.6 Å². The fourth-order valence-electron chi connectivity index (χ4n) is 1.58. The molecule has 1 aromatic rings. The van der Waals surface area contributed by atoms with E-state index in [4.69, 9.17) is 17.3 Å². The molecule has 1 aromatic carbocycles. The first-order chi connectivity index (χ1) is 7.94. The maximum absolute atomic E-state index is 11.8. The van der Waals surface area contributed by atoms with Gasteiger partial charge in [-0.25, -0.2) is 8.42 Å². The number of hydrogen-bond acceptors (Lipinski definition) is 3. The Kier molecular flexibility index (Phi) is 5.28. The number of unbranched alkanes of at least 4 members (excludes halogenated alkanes) is 2. The summed E-state index contributed by atoms with van der Waals surface area (Å²) in [6, 6.07) is 4.96. The normalized spacial score (nSPS) is 11.6. The largest absolute Gasteiger partial charge is 0.398 e. The van der Waals surface area contributed by atoms with Gasteiger partial charge in [-0.2, -0.15) is 0 Å². The van der Waals surface area contributed by atoms with E-state index >= 15 is 0 Å². The Balaban J connectivity index is 2.66. The zero-order chi connectivity index (χ0) is 12.9. The molecule has 0 aromatic heterocycles. The summed E-state index contributed by atoms with van der Waals surface area (Å²) in [7, 11) is -3.04. The molecule has 0 aliphatic carbocycles. The number of benzene rings is 1. The van der Waals surface area contributed by atoms with Crippen molar-refractivity contribution < 1.29 is 8.42 Å². The zero-order valence-corrected chi connectivity index (χ0v) is 11.5. The Bertz CT molecular complexity index is 471. The van der Waals surface area contributed by atoms with Gasteiger partial charge in [0.25, 0.3) is 0 Å². The second-order valence-corrected chi connectivity index (χ2v) is 6.75. The molecule has 0 bridgehead atoms. The summed E-state index contributed by atoms with van der Waals surface area (Å²) >= 11 is 5.78. The highest BCUT2D eigenvalue weighted by Crippen LogP contribution is 2.21. The van der Waals surface area contributed by atoms with Crippen molar-refractivity contribution in [3.05, 3.63) is 28.8 Å². The van der Waals surface area contributed by atoms with Crippen LogP contribution in [0.15, 0.2) is 18.2 Å². The number of sulfone groups is 1. The quantitative estimate of drug-likeness (QED) is 0.641. The van der Waals surface area contributed by atoms with Gasteiger partial charge >= 0.3 is 0 Å². The Hall–Kier alpha value is -0.740.